The van der Waals surface area contributed by atoms with Crippen LogP contribution in [0.25, 0.3) is 0 Å². The number of rotatable bonds is 3. The normalized spacial score (nSPS) is 10.1. The second-order valence-corrected chi connectivity index (χ2v) is 6.06. The van der Waals surface area contributed by atoms with Gasteiger partial charge in [0.2, 0.25) is 0 Å². The predicted molar refractivity (Wildman–Crippen MR) is 98.3 cm³/mol. The van der Waals surface area contributed by atoms with Crippen molar-refractivity contribution in [1.82, 2.24) is 5.32 Å². The van der Waals surface area contributed by atoms with Crippen LogP contribution in [-0.4, -0.2) is 15.9 Å². The van der Waals surface area contributed by atoms with Gasteiger partial charge in [0.1, 0.15) is 5.56 Å². The number of anilines is 1. The molecule has 2 aromatic rings. The highest BCUT2D eigenvalue weighted by molar-refractivity contribution is 7.80. The summed E-state index contributed by atoms with van der Waals surface area (Å²) in [4.78, 5) is 22.5. The number of nitrogens with one attached hydrogen (secondary N) is 2. The van der Waals surface area contributed by atoms with Crippen molar-refractivity contribution >= 4 is 69.4 Å². The molecule has 2 N–H and O–H groups in total. The first-order valence-electron chi connectivity index (χ1n) is 6.30. The summed E-state index contributed by atoms with van der Waals surface area (Å²) in [6.45, 7) is 0. The zero-order valence-corrected chi connectivity index (χ0v) is 14.8. The molecule has 0 aromatic heterocycles. The maximum atomic E-state index is 12.2. The summed E-state index contributed by atoms with van der Waals surface area (Å²) in [6.07, 6.45) is 0. The molecule has 24 heavy (non-hydrogen) atoms. The Morgan fingerprint density at radius 1 is 1.08 bits per heavy atom. The smallest absolute Gasteiger partial charge is 0.282 e. The maximum absolute atomic E-state index is 12.2. The molecule has 2 aromatic carbocycles. The second kappa shape index (κ2) is 7.76. The van der Waals surface area contributed by atoms with Crippen molar-refractivity contribution in [2.24, 2.45) is 0 Å². The molecule has 0 saturated heterocycles. The van der Waals surface area contributed by atoms with Crippen LogP contribution in [0.4, 0.5) is 11.4 Å². The molecule has 0 aliphatic heterocycles. The zero-order chi connectivity index (χ0) is 17.9. The van der Waals surface area contributed by atoms with Crippen molar-refractivity contribution in [3.05, 3.63) is 67.1 Å². The number of hydrogen-bond donors (Lipinski definition) is 2. The van der Waals surface area contributed by atoms with Crippen molar-refractivity contribution in [2.45, 2.75) is 0 Å². The molecule has 10 heteroatoms. The molecule has 0 aliphatic rings. The lowest BCUT2D eigenvalue weighted by molar-refractivity contribution is -0.385. The topological polar surface area (TPSA) is 84.3 Å². The average Bonchev–Trinajstić information content (AvgIpc) is 2.52. The van der Waals surface area contributed by atoms with Crippen LogP contribution in [0, 0.1) is 10.1 Å². The van der Waals surface area contributed by atoms with Gasteiger partial charge in [0.25, 0.3) is 11.6 Å². The van der Waals surface area contributed by atoms with Crippen molar-refractivity contribution in [1.29, 1.82) is 0 Å². The molecule has 0 atom stereocenters. The van der Waals surface area contributed by atoms with Gasteiger partial charge in [-0.15, -0.1) is 0 Å². The van der Waals surface area contributed by atoms with Crippen LogP contribution in [0.1, 0.15) is 10.4 Å². The van der Waals surface area contributed by atoms with E-state index in [-0.39, 0.29) is 31.4 Å². The Kier molecular flexibility index (Phi) is 5.95. The van der Waals surface area contributed by atoms with E-state index in [1.165, 1.54) is 36.4 Å². The molecule has 0 heterocycles. The molecule has 0 saturated carbocycles. The summed E-state index contributed by atoms with van der Waals surface area (Å²) >= 11 is 22.7. The Balaban J connectivity index is 2.15. The van der Waals surface area contributed by atoms with Crippen LogP contribution in [0.15, 0.2) is 36.4 Å². The van der Waals surface area contributed by atoms with Gasteiger partial charge in [-0.2, -0.15) is 0 Å². The van der Waals surface area contributed by atoms with Gasteiger partial charge in [0.05, 0.1) is 25.7 Å². The van der Waals surface area contributed by atoms with Crippen LogP contribution >= 0.6 is 47.0 Å². The van der Waals surface area contributed by atoms with Crippen LogP contribution in [0.5, 0.6) is 0 Å². The van der Waals surface area contributed by atoms with Gasteiger partial charge in [0, 0.05) is 6.07 Å². The molecule has 2 rings (SSSR count). The minimum atomic E-state index is -0.726. The van der Waals surface area contributed by atoms with Crippen LogP contribution in [0.3, 0.4) is 0 Å². The zero-order valence-electron chi connectivity index (χ0n) is 11.7. The number of benzene rings is 2. The molecular formula is C14H8Cl3N3O3S. The summed E-state index contributed by atoms with van der Waals surface area (Å²) < 4.78 is 0. The van der Waals surface area contributed by atoms with Gasteiger partial charge in [-0.1, -0.05) is 46.9 Å². The molecule has 0 unspecified atom stereocenters. The third kappa shape index (κ3) is 4.33. The van der Waals surface area contributed by atoms with Crippen molar-refractivity contribution < 1.29 is 9.72 Å². The minimum Gasteiger partial charge on any atom is -0.331 e. The molecule has 0 fully saturated rings. The van der Waals surface area contributed by atoms with E-state index in [0.29, 0.717) is 5.69 Å². The summed E-state index contributed by atoms with van der Waals surface area (Å²) in [7, 11) is 0. The molecular weight excluding hydrogens is 397 g/mol. The molecule has 0 spiro atoms. The van der Waals surface area contributed by atoms with E-state index in [9.17, 15) is 14.9 Å². The summed E-state index contributed by atoms with van der Waals surface area (Å²) in [5, 5.41) is 16.6. The standard InChI is InChI=1S/C14H8Cl3N3O3S/c15-8-5-10(17)11(6-9(8)16)18-14(24)19-13(21)7-3-1-2-4-12(7)20(22)23/h1-6H,(H2,18,19,21,24). The van der Waals surface area contributed by atoms with E-state index in [1.807, 2.05) is 0 Å². The third-order valence-corrected chi connectivity index (χ3v) is 4.07. The predicted octanol–water partition coefficient (Wildman–Crippen LogP) is 4.68. The van der Waals surface area contributed by atoms with Gasteiger partial charge in [-0.25, -0.2) is 0 Å². The molecule has 6 nitrogen and oxygen atoms in total. The Morgan fingerprint density at radius 3 is 2.38 bits per heavy atom. The lowest BCUT2D eigenvalue weighted by atomic mass is 10.1. The van der Waals surface area contributed by atoms with Crippen LogP contribution in [0.2, 0.25) is 15.1 Å². The van der Waals surface area contributed by atoms with Crippen LogP contribution in [-0.2, 0) is 0 Å². The first-order chi connectivity index (χ1) is 11.3. The number of carbonyl (C=O) groups excluding carboxylic acids is 1. The number of nitrogens with zero attached hydrogens (tertiary/aromatic N) is 1. The summed E-state index contributed by atoms with van der Waals surface area (Å²) in [5.74, 6) is -0.726. The molecule has 0 aliphatic carbocycles. The van der Waals surface area contributed by atoms with E-state index in [0.717, 1.165) is 0 Å². The Morgan fingerprint density at radius 2 is 1.71 bits per heavy atom. The fourth-order valence-corrected chi connectivity index (χ4v) is 2.56. The highest BCUT2D eigenvalue weighted by atomic mass is 35.5. The van der Waals surface area contributed by atoms with Gasteiger partial charge in [0.15, 0.2) is 5.11 Å². The van der Waals surface area contributed by atoms with Gasteiger partial charge >= 0.3 is 0 Å². The van der Waals surface area contributed by atoms with Crippen molar-refractivity contribution in [3.63, 3.8) is 0 Å². The highest BCUT2D eigenvalue weighted by Gasteiger charge is 2.20. The van der Waals surface area contributed by atoms with E-state index in [4.69, 9.17) is 47.0 Å². The number of thiocarbonyl (C=S) groups is 1. The lowest BCUT2D eigenvalue weighted by Crippen LogP contribution is -2.34. The van der Waals surface area contributed by atoms with Crippen molar-refractivity contribution in [2.75, 3.05) is 5.32 Å². The SMILES string of the molecule is O=C(NC(=S)Nc1cc(Cl)c(Cl)cc1Cl)c1ccccc1[N+](=O)[O-]. The highest BCUT2D eigenvalue weighted by Crippen LogP contribution is 2.32. The fourth-order valence-electron chi connectivity index (χ4n) is 1.77. The Bertz CT molecular complexity index is 845. The van der Waals surface area contributed by atoms with Gasteiger partial charge in [-0.3, -0.25) is 20.2 Å². The number of nitro benzene ring substituents is 1. The number of amides is 1. The molecule has 0 bridgehead atoms. The molecule has 124 valence electrons. The average molecular weight is 405 g/mol. The largest absolute Gasteiger partial charge is 0.331 e. The maximum Gasteiger partial charge on any atom is 0.282 e. The second-order valence-electron chi connectivity index (χ2n) is 4.43. The quantitative estimate of drug-likeness (QED) is 0.336. The summed E-state index contributed by atoms with van der Waals surface area (Å²) in [5.41, 5.74) is -0.115. The number of nitro groups is 1. The van der Waals surface area contributed by atoms with Gasteiger partial charge < -0.3 is 5.32 Å². The monoisotopic (exact) mass is 403 g/mol. The number of carbonyl (C=O) groups is 1. The molecule has 0 radical (unpaired) electrons. The number of halogens is 3. The van der Waals surface area contributed by atoms with Crippen LogP contribution < -0.4 is 10.6 Å². The Hall–Kier alpha value is -1.93. The van der Waals surface area contributed by atoms with Gasteiger partial charge in [-0.05, 0) is 30.4 Å². The molecule has 1 amide bonds. The van der Waals surface area contributed by atoms with Crippen molar-refractivity contribution in [3.8, 4) is 0 Å². The lowest BCUT2D eigenvalue weighted by Gasteiger charge is -2.12. The van der Waals surface area contributed by atoms with E-state index in [2.05, 4.69) is 10.6 Å². The third-order valence-electron chi connectivity index (χ3n) is 2.83. The van der Waals surface area contributed by atoms with E-state index < -0.39 is 10.8 Å². The number of hydrogen-bond acceptors (Lipinski definition) is 4. The first kappa shape index (κ1) is 18.4. The number of para-hydroxylation sites is 1. The first-order valence-corrected chi connectivity index (χ1v) is 7.84. The van der Waals surface area contributed by atoms with E-state index >= 15 is 0 Å². The van der Waals surface area contributed by atoms with E-state index in [1.54, 1.807) is 0 Å². The fraction of sp³-hybridized carbons (Fsp3) is 0. The summed E-state index contributed by atoms with van der Waals surface area (Å²) in [6, 6.07) is 8.37. The minimum absolute atomic E-state index is 0.0987. The Labute approximate surface area is 156 Å².